The van der Waals surface area contributed by atoms with Crippen LogP contribution in [0.5, 0.6) is 11.5 Å². The highest BCUT2D eigenvalue weighted by Crippen LogP contribution is 2.45. The van der Waals surface area contributed by atoms with Crippen molar-refractivity contribution in [2.45, 2.75) is 4.90 Å². The highest BCUT2D eigenvalue weighted by Gasteiger charge is 2.16. The van der Waals surface area contributed by atoms with Crippen LogP contribution in [0.25, 0.3) is 0 Å². The smallest absolute Gasteiger partial charge is 0.152 e. The molecular weight excluding hydrogens is 243 g/mol. The largest absolute Gasteiger partial charge is 0.495 e. The lowest BCUT2D eigenvalue weighted by Crippen LogP contribution is -1.92. The molecule has 0 aliphatic carbocycles. The van der Waals surface area contributed by atoms with E-state index in [1.807, 2.05) is 6.26 Å². The van der Waals surface area contributed by atoms with Gasteiger partial charge < -0.3 is 9.47 Å². The molecule has 0 amide bonds. The molecule has 0 saturated heterocycles. The third-order valence-corrected chi connectivity index (χ3v) is 3.29. The predicted octanol–water partition coefficient (Wildman–Crippen LogP) is 3.73. The van der Waals surface area contributed by atoms with Crippen molar-refractivity contribution in [2.24, 2.45) is 0 Å². The average Bonchev–Trinajstić information content (AvgIpc) is 2.20. The Hall–Kier alpha value is -0.250. The molecule has 0 spiro atoms. The first kappa shape index (κ1) is 11.8. The molecule has 1 rings (SSSR count). The first-order chi connectivity index (χ1) is 6.65. The van der Waals surface area contributed by atoms with Crippen LogP contribution in [0.4, 0.5) is 0 Å². The number of thioether (sulfide) groups is 1. The molecule has 0 bridgehead atoms. The van der Waals surface area contributed by atoms with Gasteiger partial charge in [-0.15, -0.1) is 11.8 Å². The van der Waals surface area contributed by atoms with E-state index in [-0.39, 0.29) is 0 Å². The van der Waals surface area contributed by atoms with E-state index in [0.717, 1.165) is 4.90 Å². The summed E-state index contributed by atoms with van der Waals surface area (Å²) in [7, 11) is 3.11. The van der Waals surface area contributed by atoms with Gasteiger partial charge in [-0.25, -0.2) is 0 Å². The molecule has 0 fully saturated rings. The van der Waals surface area contributed by atoms with Crippen LogP contribution in [-0.2, 0) is 0 Å². The molecule has 0 heterocycles. The summed E-state index contributed by atoms with van der Waals surface area (Å²) in [6, 6.07) is 1.64. The average molecular weight is 253 g/mol. The van der Waals surface area contributed by atoms with Crippen LogP contribution in [0.15, 0.2) is 11.0 Å². The van der Waals surface area contributed by atoms with Gasteiger partial charge in [0, 0.05) is 6.07 Å². The maximum atomic E-state index is 6.08. The van der Waals surface area contributed by atoms with Crippen LogP contribution in [0.2, 0.25) is 10.0 Å². The van der Waals surface area contributed by atoms with E-state index < -0.39 is 0 Å². The molecule has 5 heteroatoms. The van der Waals surface area contributed by atoms with Gasteiger partial charge >= 0.3 is 0 Å². The zero-order valence-electron chi connectivity index (χ0n) is 8.06. The fourth-order valence-electron chi connectivity index (χ4n) is 1.09. The summed E-state index contributed by atoms with van der Waals surface area (Å²) in [6.45, 7) is 0. The topological polar surface area (TPSA) is 18.5 Å². The summed E-state index contributed by atoms with van der Waals surface area (Å²) in [6.07, 6.45) is 1.90. The van der Waals surface area contributed by atoms with Crippen molar-refractivity contribution in [1.82, 2.24) is 0 Å². The van der Waals surface area contributed by atoms with Crippen molar-refractivity contribution in [1.29, 1.82) is 0 Å². The highest BCUT2D eigenvalue weighted by atomic mass is 35.5. The maximum Gasteiger partial charge on any atom is 0.152 e. The number of benzene rings is 1. The summed E-state index contributed by atoms with van der Waals surface area (Å²) in [5, 5.41) is 1.03. The third kappa shape index (κ3) is 2.05. The Morgan fingerprint density at radius 3 is 2.29 bits per heavy atom. The van der Waals surface area contributed by atoms with E-state index in [9.17, 15) is 0 Å². The quantitative estimate of drug-likeness (QED) is 0.764. The molecule has 0 unspecified atom stereocenters. The second kappa shape index (κ2) is 5.01. The fraction of sp³-hybridized carbons (Fsp3) is 0.333. The molecule has 0 radical (unpaired) electrons. The first-order valence-electron chi connectivity index (χ1n) is 3.79. The van der Waals surface area contributed by atoms with Gasteiger partial charge in [-0.05, 0) is 6.26 Å². The molecule has 0 aliphatic heterocycles. The van der Waals surface area contributed by atoms with Crippen LogP contribution in [0.1, 0.15) is 0 Å². The van der Waals surface area contributed by atoms with E-state index in [4.69, 9.17) is 32.7 Å². The number of methoxy groups -OCH3 is 2. The Morgan fingerprint density at radius 2 is 1.86 bits per heavy atom. The van der Waals surface area contributed by atoms with Crippen LogP contribution < -0.4 is 9.47 Å². The Labute approximate surface area is 97.5 Å². The van der Waals surface area contributed by atoms with Crippen LogP contribution in [0, 0.1) is 0 Å². The van der Waals surface area contributed by atoms with Gasteiger partial charge in [-0.3, -0.25) is 0 Å². The Bertz CT molecular complexity index is 342. The standard InChI is InChI=1S/C9H10Cl2O2S/c1-12-6-4-5(10)8(13-2)9(14-3)7(6)11/h4H,1-3H3. The second-order valence-corrected chi connectivity index (χ2v) is 4.04. The molecule has 0 aromatic heterocycles. The summed E-state index contributed by atoms with van der Waals surface area (Å²) >= 11 is 13.5. The van der Waals surface area contributed by atoms with Gasteiger partial charge in [0.15, 0.2) is 5.75 Å². The van der Waals surface area contributed by atoms with Crippen molar-refractivity contribution in [3.05, 3.63) is 16.1 Å². The van der Waals surface area contributed by atoms with Gasteiger partial charge in [-0.1, -0.05) is 23.2 Å². The lowest BCUT2D eigenvalue weighted by molar-refractivity contribution is 0.394. The number of hydrogen-bond acceptors (Lipinski definition) is 3. The summed E-state index contributed by atoms with van der Waals surface area (Å²) in [4.78, 5) is 0.790. The predicted molar refractivity (Wildman–Crippen MR) is 61.3 cm³/mol. The Balaban J connectivity index is 3.40. The molecule has 0 atom stereocenters. The van der Waals surface area contributed by atoms with Crippen molar-refractivity contribution in [3.8, 4) is 11.5 Å². The molecule has 2 nitrogen and oxygen atoms in total. The molecule has 0 N–H and O–H groups in total. The van der Waals surface area contributed by atoms with Gasteiger partial charge in [0.05, 0.1) is 29.2 Å². The summed E-state index contributed by atoms with van der Waals surface area (Å²) in [5.41, 5.74) is 0. The molecule has 1 aromatic rings. The molecule has 0 aliphatic rings. The lowest BCUT2D eigenvalue weighted by atomic mass is 10.3. The summed E-state index contributed by atoms with van der Waals surface area (Å²) < 4.78 is 10.2. The molecule has 0 saturated carbocycles. The number of halogens is 2. The SMILES string of the molecule is COc1cc(Cl)c(OC)c(SC)c1Cl. The minimum atomic E-state index is 0.498. The van der Waals surface area contributed by atoms with E-state index in [0.29, 0.717) is 21.5 Å². The fourth-order valence-corrected chi connectivity index (χ4v) is 2.52. The van der Waals surface area contributed by atoms with E-state index in [1.165, 1.54) is 11.8 Å². The van der Waals surface area contributed by atoms with Crippen LogP contribution in [0.3, 0.4) is 0 Å². The molecule has 1 aromatic carbocycles. The van der Waals surface area contributed by atoms with E-state index >= 15 is 0 Å². The zero-order chi connectivity index (χ0) is 10.7. The number of ether oxygens (including phenoxy) is 2. The van der Waals surface area contributed by atoms with Gasteiger partial charge in [0.1, 0.15) is 5.75 Å². The van der Waals surface area contributed by atoms with Crippen molar-refractivity contribution in [3.63, 3.8) is 0 Å². The minimum absolute atomic E-state index is 0.498. The first-order valence-corrected chi connectivity index (χ1v) is 5.77. The highest BCUT2D eigenvalue weighted by molar-refractivity contribution is 7.98. The monoisotopic (exact) mass is 252 g/mol. The number of hydrogen-bond donors (Lipinski definition) is 0. The van der Waals surface area contributed by atoms with Crippen molar-refractivity contribution < 1.29 is 9.47 Å². The van der Waals surface area contributed by atoms with Gasteiger partial charge in [0.2, 0.25) is 0 Å². The minimum Gasteiger partial charge on any atom is -0.495 e. The molecule has 14 heavy (non-hydrogen) atoms. The molecular formula is C9H10Cl2O2S. The zero-order valence-corrected chi connectivity index (χ0v) is 10.4. The lowest BCUT2D eigenvalue weighted by Gasteiger charge is -2.13. The summed E-state index contributed by atoms with van der Waals surface area (Å²) in [5.74, 6) is 1.15. The van der Waals surface area contributed by atoms with Crippen molar-refractivity contribution in [2.75, 3.05) is 20.5 Å². The molecule has 78 valence electrons. The van der Waals surface area contributed by atoms with Gasteiger partial charge in [-0.2, -0.15) is 0 Å². The Morgan fingerprint density at radius 1 is 1.21 bits per heavy atom. The van der Waals surface area contributed by atoms with Crippen LogP contribution in [-0.4, -0.2) is 20.5 Å². The normalized spacial score (nSPS) is 10.1. The van der Waals surface area contributed by atoms with E-state index in [2.05, 4.69) is 0 Å². The number of rotatable bonds is 3. The Kier molecular flexibility index (Phi) is 4.23. The second-order valence-electron chi connectivity index (χ2n) is 2.44. The van der Waals surface area contributed by atoms with Gasteiger partial charge in [0.25, 0.3) is 0 Å². The van der Waals surface area contributed by atoms with E-state index in [1.54, 1.807) is 20.3 Å². The van der Waals surface area contributed by atoms with Crippen LogP contribution >= 0.6 is 35.0 Å². The van der Waals surface area contributed by atoms with Crippen molar-refractivity contribution >= 4 is 35.0 Å². The third-order valence-electron chi connectivity index (χ3n) is 1.72. The maximum absolute atomic E-state index is 6.08.